The van der Waals surface area contributed by atoms with Gasteiger partial charge in [-0.1, -0.05) is 6.58 Å². The van der Waals surface area contributed by atoms with Crippen LogP contribution in [-0.2, 0) is 4.79 Å². The minimum absolute atomic E-state index is 0.281. The van der Waals surface area contributed by atoms with E-state index in [4.69, 9.17) is 12.3 Å². The van der Waals surface area contributed by atoms with E-state index in [0.717, 1.165) is 6.54 Å². The summed E-state index contributed by atoms with van der Waals surface area (Å²) in [6, 6.07) is 0. The predicted molar refractivity (Wildman–Crippen MR) is 44.5 cm³/mol. The van der Waals surface area contributed by atoms with Crippen LogP contribution in [0.1, 0.15) is 6.92 Å². The van der Waals surface area contributed by atoms with Crippen molar-refractivity contribution in [3.05, 3.63) is 12.7 Å². The number of likely N-dealkylation sites (N-methyl/N-ethyl adjacent to an activating group) is 1. The second-order valence-corrected chi connectivity index (χ2v) is 2.98. The van der Waals surface area contributed by atoms with Crippen LogP contribution >= 0.6 is 0 Å². The van der Waals surface area contributed by atoms with Crippen molar-refractivity contribution in [3.8, 4) is 0 Å². The zero-order chi connectivity index (χ0) is 8.91. The molecule has 0 aliphatic heterocycles. The molecule has 0 saturated heterocycles. The number of nitrogens with two attached hydrogens (primary N) is 1. The van der Waals surface area contributed by atoms with Crippen LogP contribution in [0.5, 0.6) is 0 Å². The van der Waals surface area contributed by atoms with Gasteiger partial charge in [0.25, 0.3) is 5.91 Å². The predicted octanol–water partition coefficient (Wildman–Crippen LogP) is -0.0726. The molecule has 0 fully saturated rings. The van der Waals surface area contributed by atoms with Gasteiger partial charge >= 0.3 is 0 Å². The molecule has 0 saturated carbocycles. The Morgan fingerprint density at radius 1 is 1.73 bits per heavy atom. The Balaban J connectivity index is 4.08. The lowest BCUT2D eigenvalue weighted by atomic mass is 10.3. The van der Waals surface area contributed by atoms with Crippen molar-refractivity contribution in [1.29, 1.82) is 0 Å². The lowest BCUT2D eigenvalue weighted by Gasteiger charge is -2.30. The Morgan fingerprint density at radius 2 is 2.27 bits per heavy atom. The van der Waals surface area contributed by atoms with Crippen molar-refractivity contribution in [1.82, 2.24) is 0 Å². The van der Waals surface area contributed by atoms with E-state index in [-0.39, 0.29) is 5.91 Å². The van der Waals surface area contributed by atoms with Gasteiger partial charge in [-0.15, -0.1) is 0 Å². The van der Waals surface area contributed by atoms with Crippen molar-refractivity contribution in [2.45, 2.75) is 6.92 Å². The number of carbonyl (C=O) groups excluding carboxylic acids is 1. The quantitative estimate of drug-likeness (QED) is 0.556. The summed E-state index contributed by atoms with van der Waals surface area (Å²) in [6.07, 6.45) is 1.56. The van der Waals surface area contributed by atoms with E-state index in [1.165, 1.54) is 0 Å². The van der Waals surface area contributed by atoms with Crippen molar-refractivity contribution in [2.75, 3.05) is 26.7 Å². The molecular formula is C8H16N2O+. The van der Waals surface area contributed by atoms with Gasteiger partial charge in [-0.2, -0.15) is 0 Å². The summed E-state index contributed by atoms with van der Waals surface area (Å²) < 4.78 is 0.589. The second kappa shape index (κ2) is 4.13. The van der Waals surface area contributed by atoms with Crippen LogP contribution < -0.4 is 5.73 Å². The third-order valence-electron chi connectivity index (χ3n) is 1.85. The molecule has 1 radical (unpaired) electrons. The fraction of sp³-hybridized carbons (Fsp3) is 0.625. The molecule has 0 aromatic carbocycles. The average Bonchev–Trinajstić information content (AvgIpc) is 1.87. The third-order valence-corrected chi connectivity index (χ3v) is 1.85. The van der Waals surface area contributed by atoms with E-state index >= 15 is 0 Å². The molecule has 0 aliphatic carbocycles. The van der Waals surface area contributed by atoms with Gasteiger partial charge in [0.2, 0.25) is 0 Å². The van der Waals surface area contributed by atoms with Crippen molar-refractivity contribution in [3.63, 3.8) is 0 Å². The van der Waals surface area contributed by atoms with Gasteiger partial charge in [0.15, 0.2) is 6.54 Å². The highest BCUT2D eigenvalue weighted by atomic mass is 16.1. The minimum atomic E-state index is -0.281. The molecule has 1 amide bonds. The minimum Gasteiger partial charge on any atom is -0.365 e. The number of primary amides is 1. The Bertz CT molecular complexity index is 156. The molecule has 0 heterocycles. The van der Waals surface area contributed by atoms with Crippen molar-refractivity contribution >= 4 is 5.91 Å². The molecule has 0 spiro atoms. The lowest BCUT2D eigenvalue weighted by Crippen LogP contribution is -2.49. The molecule has 11 heavy (non-hydrogen) atoms. The largest absolute Gasteiger partial charge is 0.365 e. The first kappa shape index (κ1) is 10.2. The van der Waals surface area contributed by atoms with Gasteiger partial charge in [-0.25, -0.2) is 0 Å². The average molecular weight is 156 g/mol. The molecule has 0 aromatic heterocycles. The normalized spacial score (nSPS) is 15.5. The maximum absolute atomic E-state index is 10.6. The molecule has 0 aromatic rings. The van der Waals surface area contributed by atoms with Gasteiger partial charge < -0.3 is 10.2 Å². The van der Waals surface area contributed by atoms with Gasteiger partial charge in [0.05, 0.1) is 20.1 Å². The summed E-state index contributed by atoms with van der Waals surface area (Å²) in [4.78, 5) is 10.6. The summed E-state index contributed by atoms with van der Waals surface area (Å²) in [5, 5.41) is 0. The third kappa shape index (κ3) is 3.78. The number of hydrogen-bond acceptors (Lipinski definition) is 1. The Kier molecular flexibility index (Phi) is 3.82. The molecule has 3 nitrogen and oxygen atoms in total. The summed E-state index contributed by atoms with van der Waals surface area (Å²) in [7, 11) is 1.95. The zero-order valence-corrected chi connectivity index (χ0v) is 7.21. The summed E-state index contributed by atoms with van der Waals surface area (Å²) in [6.45, 7) is 9.17. The molecular weight excluding hydrogens is 140 g/mol. The first-order valence-corrected chi connectivity index (χ1v) is 3.69. The van der Waals surface area contributed by atoms with Crippen LogP contribution in [0.15, 0.2) is 6.08 Å². The Morgan fingerprint density at radius 3 is 2.55 bits per heavy atom. The highest BCUT2D eigenvalue weighted by Gasteiger charge is 2.19. The van der Waals surface area contributed by atoms with E-state index < -0.39 is 0 Å². The molecule has 3 heteroatoms. The van der Waals surface area contributed by atoms with Gasteiger partial charge in [0.1, 0.15) is 0 Å². The first-order chi connectivity index (χ1) is 5.04. The van der Waals surface area contributed by atoms with Gasteiger partial charge in [0, 0.05) is 0 Å². The number of nitrogens with zero attached hydrogens (tertiary/aromatic N) is 1. The standard InChI is InChI=1S/C8H15N2O/c1-4-6-10(3,5-2)7-8(9)11/h1,4H,5-7H2,2-3H3,(H-,9,11)/p+1. The van der Waals surface area contributed by atoms with Crippen LogP contribution in [0.2, 0.25) is 0 Å². The number of carbonyl (C=O) groups is 1. The highest BCUT2D eigenvalue weighted by Crippen LogP contribution is 1.99. The van der Waals surface area contributed by atoms with Crippen LogP contribution in [0.3, 0.4) is 0 Å². The van der Waals surface area contributed by atoms with Gasteiger partial charge in [-0.3, -0.25) is 4.79 Å². The summed E-state index contributed by atoms with van der Waals surface area (Å²) in [5.41, 5.74) is 5.08. The smallest absolute Gasteiger partial charge is 0.272 e. The molecule has 1 unspecified atom stereocenters. The van der Waals surface area contributed by atoms with E-state index in [0.29, 0.717) is 17.6 Å². The molecule has 63 valence electrons. The van der Waals surface area contributed by atoms with Crippen LogP contribution in [0.4, 0.5) is 0 Å². The fourth-order valence-electron chi connectivity index (χ4n) is 0.936. The van der Waals surface area contributed by atoms with Gasteiger partial charge in [-0.05, 0) is 13.0 Å². The topological polar surface area (TPSA) is 43.1 Å². The molecule has 0 aliphatic rings. The number of rotatable bonds is 5. The van der Waals surface area contributed by atoms with E-state index in [1.807, 2.05) is 14.0 Å². The molecule has 0 bridgehead atoms. The number of amides is 1. The first-order valence-electron chi connectivity index (χ1n) is 3.69. The molecule has 1 atom stereocenters. The van der Waals surface area contributed by atoms with Crippen molar-refractivity contribution < 1.29 is 9.28 Å². The van der Waals surface area contributed by atoms with Crippen LogP contribution in [-0.4, -0.2) is 37.1 Å². The fourth-order valence-corrected chi connectivity index (χ4v) is 0.936. The SMILES string of the molecule is [CH]=CC[N+](C)(CC)CC(N)=O. The Labute approximate surface area is 68.1 Å². The highest BCUT2D eigenvalue weighted by molar-refractivity contribution is 5.74. The number of hydrogen-bond donors (Lipinski definition) is 1. The van der Waals surface area contributed by atoms with E-state index in [2.05, 4.69) is 0 Å². The monoisotopic (exact) mass is 156 g/mol. The second-order valence-electron chi connectivity index (χ2n) is 2.98. The van der Waals surface area contributed by atoms with Crippen LogP contribution in [0.25, 0.3) is 0 Å². The number of quaternary nitrogens is 1. The lowest BCUT2D eigenvalue weighted by molar-refractivity contribution is -0.894. The van der Waals surface area contributed by atoms with E-state index in [1.54, 1.807) is 6.08 Å². The Hall–Kier alpha value is -0.830. The van der Waals surface area contributed by atoms with Crippen LogP contribution in [0, 0.1) is 6.58 Å². The maximum Gasteiger partial charge on any atom is 0.272 e. The molecule has 0 rings (SSSR count). The maximum atomic E-state index is 10.6. The van der Waals surface area contributed by atoms with Crippen molar-refractivity contribution in [2.24, 2.45) is 5.73 Å². The zero-order valence-electron chi connectivity index (χ0n) is 7.21. The summed E-state index contributed by atoms with van der Waals surface area (Å²) in [5.74, 6) is -0.281. The van der Waals surface area contributed by atoms with E-state index in [9.17, 15) is 4.79 Å². The molecule has 2 N–H and O–H groups in total. The summed E-state index contributed by atoms with van der Waals surface area (Å²) >= 11 is 0.